The first-order chi connectivity index (χ1) is 7.33. The number of likely N-dealkylation sites (N-methyl/N-ethyl adjacent to an activating group) is 1. The summed E-state index contributed by atoms with van der Waals surface area (Å²) in [4.78, 5) is 2.66. The minimum Gasteiger partial charge on any atom is -0.375 e. The predicted molar refractivity (Wildman–Crippen MR) is 62.1 cm³/mol. The van der Waals surface area contributed by atoms with Crippen LogP contribution >= 0.6 is 0 Å². The molecule has 1 saturated heterocycles. The third-order valence-electron chi connectivity index (χ3n) is 3.78. The van der Waals surface area contributed by atoms with Gasteiger partial charge in [0.1, 0.15) is 0 Å². The largest absolute Gasteiger partial charge is 0.375 e. The molecule has 2 fully saturated rings. The molecule has 88 valence electrons. The minimum absolute atomic E-state index is 0.530. The Balaban J connectivity index is 1.89. The van der Waals surface area contributed by atoms with E-state index in [1.165, 1.54) is 19.3 Å². The van der Waals surface area contributed by atoms with Crippen LogP contribution in [-0.4, -0.2) is 49.3 Å². The Morgan fingerprint density at radius 1 is 1.47 bits per heavy atom. The van der Waals surface area contributed by atoms with Gasteiger partial charge in [-0.05, 0) is 32.7 Å². The second kappa shape index (κ2) is 5.28. The van der Waals surface area contributed by atoms with E-state index in [0.717, 1.165) is 26.2 Å². The van der Waals surface area contributed by atoms with Crippen LogP contribution in [0.3, 0.4) is 0 Å². The number of nitrogens with zero attached hydrogens (tertiary/aromatic N) is 1. The van der Waals surface area contributed by atoms with Crippen LogP contribution < -0.4 is 5.32 Å². The van der Waals surface area contributed by atoms with E-state index in [0.29, 0.717) is 18.2 Å². The van der Waals surface area contributed by atoms with E-state index in [1.54, 1.807) is 0 Å². The fourth-order valence-electron chi connectivity index (χ4n) is 2.97. The van der Waals surface area contributed by atoms with Gasteiger partial charge in [0.2, 0.25) is 0 Å². The third kappa shape index (κ3) is 2.52. The summed E-state index contributed by atoms with van der Waals surface area (Å²) in [6.45, 7) is 8.74. The normalized spacial score (nSPS) is 34.0. The third-order valence-corrected chi connectivity index (χ3v) is 3.78. The average Bonchev–Trinajstić information content (AvgIpc) is 2.73. The molecule has 2 rings (SSSR count). The molecule has 1 heterocycles. The summed E-state index contributed by atoms with van der Waals surface area (Å²) in [5.74, 6) is 0. The molecule has 1 N–H and O–H groups in total. The molecule has 1 aliphatic heterocycles. The number of ether oxygens (including phenoxy) is 1. The van der Waals surface area contributed by atoms with Gasteiger partial charge in [0.15, 0.2) is 0 Å². The second-order valence-electron chi connectivity index (χ2n) is 4.80. The van der Waals surface area contributed by atoms with Crippen LogP contribution in [0, 0.1) is 0 Å². The van der Waals surface area contributed by atoms with E-state index in [9.17, 15) is 0 Å². The molecule has 1 saturated carbocycles. The molecule has 0 aromatic heterocycles. The molecule has 3 heteroatoms. The van der Waals surface area contributed by atoms with Crippen molar-refractivity contribution in [3.8, 4) is 0 Å². The molecule has 3 atom stereocenters. The quantitative estimate of drug-likeness (QED) is 0.759. The van der Waals surface area contributed by atoms with Crippen molar-refractivity contribution >= 4 is 0 Å². The van der Waals surface area contributed by atoms with Gasteiger partial charge in [-0.2, -0.15) is 0 Å². The van der Waals surface area contributed by atoms with Crippen molar-refractivity contribution in [3.05, 3.63) is 0 Å². The monoisotopic (exact) mass is 212 g/mol. The van der Waals surface area contributed by atoms with Gasteiger partial charge in [0.05, 0.1) is 12.7 Å². The van der Waals surface area contributed by atoms with Crippen LogP contribution in [0.4, 0.5) is 0 Å². The Labute approximate surface area is 93.2 Å². The SMILES string of the molecule is CCNCC(C)N1CCOC2CCCC21. The predicted octanol–water partition coefficient (Wildman–Crippen LogP) is 1.24. The van der Waals surface area contributed by atoms with Gasteiger partial charge in [0, 0.05) is 25.2 Å². The van der Waals surface area contributed by atoms with Crippen LogP contribution in [0.1, 0.15) is 33.1 Å². The van der Waals surface area contributed by atoms with Crippen molar-refractivity contribution in [1.29, 1.82) is 0 Å². The average molecular weight is 212 g/mol. The first kappa shape index (κ1) is 11.4. The van der Waals surface area contributed by atoms with Gasteiger partial charge >= 0.3 is 0 Å². The number of morpholine rings is 1. The lowest BCUT2D eigenvalue weighted by atomic mass is 10.1. The van der Waals surface area contributed by atoms with Crippen molar-refractivity contribution in [2.45, 2.75) is 51.3 Å². The minimum atomic E-state index is 0.530. The zero-order chi connectivity index (χ0) is 10.7. The van der Waals surface area contributed by atoms with Crippen molar-refractivity contribution < 1.29 is 4.74 Å². The first-order valence-electron chi connectivity index (χ1n) is 6.41. The number of hydrogen-bond acceptors (Lipinski definition) is 3. The molecule has 3 unspecified atom stereocenters. The van der Waals surface area contributed by atoms with Crippen molar-refractivity contribution in [1.82, 2.24) is 10.2 Å². The number of nitrogens with one attached hydrogen (secondary N) is 1. The Morgan fingerprint density at radius 2 is 2.33 bits per heavy atom. The maximum Gasteiger partial charge on any atom is 0.0731 e. The Morgan fingerprint density at radius 3 is 3.13 bits per heavy atom. The van der Waals surface area contributed by atoms with Crippen LogP contribution in [-0.2, 0) is 4.74 Å². The molecule has 3 nitrogen and oxygen atoms in total. The second-order valence-corrected chi connectivity index (χ2v) is 4.80. The van der Waals surface area contributed by atoms with E-state index >= 15 is 0 Å². The van der Waals surface area contributed by atoms with Crippen molar-refractivity contribution in [2.75, 3.05) is 26.2 Å². The number of hydrogen-bond donors (Lipinski definition) is 1. The van der Waals surface area contributed by atoms with Crippen LogP contribution in [0.5, 0.6) is 0 Å². The van der Waals surface area contributed by atoms with Crippen molar-refractivity contribution in [3.63, 3.8) is 0 Å². The molecule has 1 aliphatic carbocycles. The Hall–Kier alpha value is -0.120. The lowest BCUT2D eigenvalue weighted by Crippen LogP contribution is -2.54. The lowest BCUT2D eigenvalue weighted by Gasteiger charge is -2.41. The van der Waals surface area contributed by atoms with Crippen LogP contribution in [0.2, 0.25) is 0 Å². The molecule has 0 amide bonds. The zero-order valence-electron chi connectivity index (χ0n) is 10.0. The topological polar surface area (TPSA) is 24.5 Å². The summed E-state index contributed by atoms with van der Waals surface area (Å²) in [6.07, 6.45) is 4.48. The van der Waals surface area contributed by atoms with E-state index in [4.69, 9.17) is 4.74 Å². The molecule has 0 aromatic rings. The van der Waals surface area contributed by atoms with Gasteiger partial charge in [-0.25, -0.2) is 0 Å². The van der Waals surface area contributed by atoms with E-state index in [1.807, 2.05) is 0 Å². The molecule has 0 bridgehead atoms. The lowest BCUT2D eigenvalue weighted by molar-refractivity contribution is -0.0687. The van der Waals surface area contributed by atoms with Gasteiger partial charge in [-0.3, -0.25) is 4.90 Å². The maximum atomic E-state index is 5.82. The summed E-state index contributed by atoms with van der Waals surface area (Å²) >= 11 is 0. The highest BCUT2D eigenvalue weighted by molar-refractivity contribution is 4.91. The highest BCUT2D eigenvalue weighted by atomic mass is 16.5. The Bertz CT molecular complexity index is 198. The summed E-state index contributed by atoms with van der Waals surface area (Å²) in [5, 5.41) is 3.44. The Kier molecular flexibility index (Phi) is 4.00. The molecular formula is C12H24N2O. The molecule has 0 radical (unpaired) electrons. The number of rotatable bonds is 4. The molecular weight excluding hydrogens is 188 g/mol. The zero-order valence-corrected chi connectivity index (χ0v) is 10.0. The molecule has 0 aromatic carbocycles. The number of fused-ring (bicyclic) bond motifs is 1. The van der Waals surface area contributed by atoms with Gasteiger partial charge in [0.25, 0.3) is 0 Å². The van der Waals surface area contributed by atoms with Crippen LogP contribution in [0.25, 0.3) is 0 Å². The summed E-state index contributed by atoms with van der Waals surface area (Å²) < 4.78 is 5.82. The molecule has 15 heavy (non-hydrogen) atoms. The summed E-state index contributed by atoms with van der Waals surface area (Å²) in [5.41, 5.74) is 0. The van der Waals surface area contributed by atoms with E-state index in [2.05, 4.69) is 24.1 Å². The highest BCUT2D eigenvalue weighted by Gasteiger charge is 2.37. The smallest absolute Gasteiger partial charge is 0.0731 e. The summed E-state index contributed by atoms with van der Waals surface area (Å²) in [7, 11) is 0. The van der Waals surface area contributed by atoms with E-state index < -0.39 is 0 Å². The van der Waals surface area contributed by atoms with E-state index in [-0.39, 0.29) is 0 Å². The van der Waals surface area contributed by atoms with Gasteiger partial charge in [-0.1, -0.05) is 6.92 Å². The fraction of sp³-hybridized carbons (Fsp3) is 1.00. The highest BCUT2D eigenvalue weighted by Crippen LogP contribution is 2.30. The van der Waals surface area contributed by atoms with Crippen LogP contribution in [0.15, 0.2) is 0 Å². The van der Waals surface area contributed by atoms with Gasteiger partial charge < -0.3 is 10.1 Å². The summed E-state index contributed by atoms with van der Waals surface area (Å²) in [6, 6.07) is 1.35. The molecule has 0 spiro atoms. The first-order valence-corrected chi connectivity index (χ1v) is 6.41. The standard InChI is InChI=1S/C12H24N2O/c1-3-13-9-10(2)14-7-8-15-12-6-4-5-11(12)14/h10-13H,3-9H2,1-2H3. The van der Waals surface area contributed by atoms with Crippen molar-refractivity contribution in [2.24, 2.45) is 0 Å². The maximum absolute atomic E-state index is 5.82. The van der Waals surface area contributed by atoms with Gasteiger partial charge in [-0.15, -0.1) is 0 Å². The fourth-order valence-corrected chi connectivity index (χ4v) is 2.97. The molecule has 2 aliphatic rings.